The third-order valence-electron chi connectivity index (χ3n) is 3.74. The fraction of sp³-hybridized carbons (Fsp3) is 0.105. The summed E-state index contributed by atoms with van der Waals surface area (Å²) in [7, 11) is -4.74. The lowest BCUT2D eigenvalue weighted by Gasteiger charge is -2.12. The van der Waals surface area contributed by atoms with E-state index < -0.39 is 49.6 Å². The molecule has 1 aromatic heterocycles. The molecule has 1 heterocycles. The van der Waals surface area contributed by atoms with Crippen molar-refractivity contribution in [1.82, 2.24) is 9.78 Å². The van der Waals surface area contributed by atoms with E-state index in [9.17, 15) is 26.8 Å². The minimum atomic E-state index is -4.74. The Bertz CT molecular complexity index is 1260. The first-order valence-corrected chi connectivity index (χ1v) is 9.90. The van der Waals surface area contributed by atoms with Crippen molar-refractivity contribution in [3.05, 3.63) is 82.3 Å². The molecule has 8 nitrogen and oxygen atoms in total. The average Bonchev–Trinajstić information content (AvgIpc) is 2.69. The van der Waals surface area contributed by atoms with Gasteiger partial charge in [0.1, 0.15) is 16.5 Å². The van der Waals surface area contributed by atoms with Gasteiger partial charge in [-0.2, -0.15) is 18.2 Å². The van der Waals surface area contributed by atoms with E-state index >= 15 is 0 Å². The molecule has 156 valence electrons. The van der Waals surface area contributed by atoms with Crippen LogP contribution < -0.4 is 9.74 Å². The number of aromatic nitrogens is 2. The molecular weight excluding hydrogens is 422 g/mol. The topological polar surface area (TPSA) is 105 Å². The molecule has 0 fully saturated rings. The molecule has 30 heavy (non-hydrogen) atoms. The Morgan fingerprint density at radius 3 is 2.40 bits per heavy atom. The van der Waals surface area contributed by atoms with Crippen molar-refractivity contribution >= 4 is 16.1 Å². The number of hydrogen-bond donors (Lipinski definition) is 0. The molecule has 3 aromatic rings. The Kier molecular flexibility index (Phi) is 5.92. The van der Waals surface area contributed by atoms with Crippen LogP contribution in [0.3, 0.4) is 0 Å². The first-order valence-electron chi connectivity index (χ1n) is 8.49. The van der Waals surface area contributed by atoms with Gasteiger partial charge in [-0.15, -0.1) is 0 Å². The van der Waals surface area contributed by atoms with Gasteiger partial charge in [0.2, 0.25) is 5.69 Å². The molecule has 3 rings (SSSR count). The lowest BCUT2D eigenvalue weighted by atomic mass is 10.3. The van der Waals surface area contributed by atoms with E-state index in [1.807, 2.05) is 0 Å². The van der Waals surface area contributed by atoms with Crippen molar-refractivity contribution in [1.29, 1.82) is 0 Å². The Morgan fingerprint density at radius 1 is 1.10 bits per heavy atom. The summed E-state index contributed by atoms with van der Waals surface area (Å²) in [4.78, 5) is 24.0. The first kappa shape index (κ1) is 21.1. The summed E-state index contributed by atoms with van der Waals surface area (Å²) in [5.74, 6) is -3.46. The second-order valence-electron chi connectivity index (χ2n) is 5.77. The van der Waals surface area contributed by atoms with Crippen LogP contribution in [0.15, 0.2) is 64.3 Å². The molecule has 0 bridgehead atoms. The van der Waals surface area contributed by atoms with Crippen LogP contribution in [0, 0.1) is 11.6 Å². The minimum Gasteiger partial charge on any atom is -0.461 e. The van der Waals surface area contributed by atoms with Crippen LogP contribution in [0.4, 0.5) is 8.78 Å². The van der Waals surface area contributed by atoms with Gasteiger partial charge in [-0.1, -0.05) is 12.1 Å². The van der Waals surface area contributed by atoms with E-state index in [1.165, 1.54) is 31.2 Å². The number of hydrogen-bond acceptors (Lipinski definition) is 7. The predicted octanol–water partition coefficient (Wildman–Crippen LogP) is 2.46. The molecule has 11 heteroatoms. The highest BCUT2D eigenvalue weighted by molar-refractivity contribution is 7.87. The van der Waals surface area contributed by atoms with E-state index in [-0.39, 0.29) is 12.3 Å². The number of ether oxygens (including phenoxy) is 1. The maximum atomic E-state index is 13.9. The summed E-state index contributed by atoms with van der Waals surface area (Å²) in [6.07, 6.45) is 0. The highest BCUT2D eigenvalue weighted by Crippen LogP contribution is 2.23. The van der Waals surface area contributed by atoms with Gasteiger partial charge in [-0.05, 0) is 43.3 Å². The highest BCUT2D eigenvalue weighted by atomic mass is 32.2. The molecule has 0 spiro atoms. The molecule has 0 radical (unpaired) electrons. The van der Waals surface area contributed by atoms with Gasteiger partial charge in [0, 0.05) is 0 Å². The summed E-state index contributed by atoms with van der Waals surface area (Å²) < 4.78 is 62.4. The molecular formula is C19H14F2N2O6S. The minimum absolute atomic E-state index is 0.0737. The summed E-state index contributed by atoms with van der Waals surface area (Å²) in [6.45, 7) is 1.43. The van der Waals surface area contributed by atoms with Crippen molar-refractivity contribution in [2.24, 2.45) is 0 Å². The Balaban J connectivity index is 2.13. The van der Waals surface area contributed by atoms with Crippen LogP contribution in [0.2, 0.25) is 0 Å². The maximum Gasteiger partial charge on any atom is 0.362 e. The van der Waals surface area contributed by atoms with E-state index in [2.05, 4.69) is 5.10 Å². The Morgan fingerprint density at radius 2 is 1.77 bits per heavy atom. The van der Waals surface area contributed by atoms with Crippen LogP contribution in [0.5, 0.6) is 5.75 Å². The van der Waals surface area contributed by atoms with Gasteiger partial charge < -0.3 is 8.92 Å². The zero-order valence-corrected chi connectivity index (χ0v) is 16.2. The lowest BCUT2D eigenvalue weighted by Crippen LogP contribution is -2.26. The van der Waals surface area contributed by atoms with Crippen molar-refractivity contribution in [2.45, 2.75) is 11.8 Å². The molecule has 2 aromatic carbocycles. The van der Waals surface area contributed by atoms with Crippen molar-refractivity contribution < 1.29 is 30.9 Å². The summed E-state index contributed by atoms with van der Waals surface area (Å²) in [5.41, 5.74) is -1.41. The SMILES string of the molecule is CCOC(=O)c1nn(-c2ccc(F)cc2)c(=O)cc1OS(=O)(=O)c1ccccc1F. The number of carbonyl (C=O) groups is 1. The fourth-order valence-corrected chi connectivity index (χ4v) is 3.43. The summed E-state index contributed by atoms with van der Waals surface area (Å²) in [6, 6.07) is 9.72. The molecule has 0 saturated heterocycles. The zero-order valence-electron chi connectivity index (χ0n) is 15.4. The molecule has 0 aliphatic carbocycles. The smallest absolute Gasteiger partial charge is 0.362 e. The molecule has 0 unspecified atom stereocenters. The summed E-state index contributed by atoms with van der Waals surface area (Å²) in [5, 5.41) is 3.81. The van der Waals surface area contributed by atoms with Gasteiger partial charge in [0.15, 0.2) is 5.75 Å². The number of halogens is 2. The molecule has 0 atom stereocenters. The Labute approximate surface area is 169 Å². The number of nitrogens with zero attached hydrogens (tertiary/aromatic N) is 2. The third kappa shape index (κ3) is 4.35. The fourth-order valence-electron chi connectivity index (χ4n) is 2.42. The Hall–Kier alpha value is -3.60. The summed E-state index contributed by atoms with van der Waals surface area (Å²) >= 11 is 0. The van der Waals surface area contributed by atoms with Gasteiger partial charge in [-0.3, -0.25) is 4.79 Å². The van der Waals surface area contributed by atoms with Gasteiger partial charge in [-0.25, -0.2) is 13.6 Å². The first-order chi connectivity index (χ1) is 14.2. The van der Waals surface area contributed by atoms with Crippen LogP contribution in [-0.2, 0) is 14.9 Å². The average molecular weight is 436 g/mol. The lowest BCUT2D eigenvalue weighted by molar-refractivity contribution is 0.0515. The number of esters is 1. The normalized spacial score (nSPS) is 11.2. The third-order valence-corrected chi connectivity index (χ3v) is 5.01. The quantitative estimate of drug-likeness (QED) is 0.432. The van der Waals surface area contributed by atoms with Gasteiger partial charge in [0.25, 0.3) is 5.56 Å². The van der Waals surface area contributed by atoms with Crippen LogP contribution in [0.1, 0.15) is 17.4 Å². The van der Waals surface area contributed by atoms with Crippen LogP contribution in [-0.4, -0.2) is 30.8 Å². The highest BCUT2D eigenvalue weighted by Gasteiger charge is 2.27. The van der Waals surface area contributed by atoms with Crippen molar-refractivity contribution in [3.8, 4) is 11.4 Å². The number of benzene rings is 2. The zero-order chi connectivity index (χ0) is 21.9. The molecule has 0 amide bonds. The van der Waals surface area contributed by atoms with Gasteiger partial charge in [0.05, 0.1) is 18.4 Å². The van der Waals surface area contributed by atoms with E-state index in [0.29, 0.717) is 6.07 Å². The van der Waals surface area contributed by atoms with Crippen molar-refractivity contribution in [3.63, 3.8) is 0 Å². The largest absolute Gasteiger partial charge is 0.461 e. The van der Waals surface area contributed by atoms with Gasteiger partial charge >= 0.3 is 16.1 Å². The second-order valence-corrected chi connectivity index (χ2v) is 7.29. The van der Waals surface area contributed by atoms with E-state index in [0.717, 1.165) is 28.9 Å². The van der Waals surface area contributed by atoms with E-state index in [1.54, 1.807) is 0 Å². The van der Waals surface area contributed by atoms with E-state index in [4.69, 9.17) is 8.92 Å². The number of carbonyl (C=O) groups excluding carboxylic acids is 1. The predicted molar refractivity (Wildman–Crippen MR) is 100.0 cm³/mol. The molecule has 0 saturated carbocycles. The van der Waals surface area contributed by atoms with Crippen LogP contribution >= 0.6 is 0 Å². The maximum absolute atomic E-state index is 13.9. The van der Waals surface area contributed by atoms with Crippen molar-refractivity contribution in [2.75, 3.05) is 6.61 Å². The monoisotopic (exact) mass is 436 g/mol. The second kappa shape index (κ2) is 8.41. The molecule has 0 aliphatic heterocycles. The standard InChI is InChI=1S/C19H14F2N2O6S/c1-2-28-19(25)18-15(29-30(26,27)16-6-4-3-5-14(16)21)11-17(24)23(22-18)13-9-7-12(20)8-10-13/h3-11H,2H2,1H3. The molecule has 0 N–H and O–H groups in total. The van der Waals surface area contributed by atoms with Crippen LogP contribution in [0.25, 0.3) is 5.69 Å². The number of rotatable bonds is 6. The molecule has 0 aliphatic rings.